The molecule has 1 amide bonds. The van der Waals surface area contributed by atoms with Gasteiger partial charge in [-0.05, 0) is 30.2 Å². The zero-order valence-electron chi connectivity index (χ0n) is 13.8. The summed E-state index contributed by atoms with van der Waals surface area (Å²) in [6, 6.07) is 16.3. The smallest absolute Gasteiger partial charge is 0.230 e. The second-order valence-corrected chi connectivity index (χ2v) is 8.04. The van der Waals surface area contributed by atoms with Crippen molar-refractivity contribution in [3.8, 4) is 0 Å². The van der Waals surface area contributed by atoms with E-state index >= 15 is 0 Å². The Morgan fingerprint density at radius 1 is 1.04 bits per heavy atom. The van der Waals surface area contributed by atoms with Gasteiger partial charge in [0.05, 0.1) is 5.75 Å². The fourth-order valence-corrected chi connectivity index (χ4v) is 3.90. The molecule has 0 aliphatic rings. The zero-order chi connectivity index (χ0) is 17.2. The molecule has 2 aromatic rings. The van der Waals surface area contributed by atoms with Crippen LogP contribution in [0.3, 0.4) is 0 Å². The van der Waals surface area contributed by atoms with Gasteiger partial charge in [-0.3, -0.25) is 4.79 Å². The molecule has 0 unspecified atom stereocenters. The Hall–Kier alpha value is -1.10. The lowest BCUT2D eigenvalue weighted by Crippen LogP contribution is -2.27. The topological polar surface area (TPSA) is 29.1 Å². The minimum absolute atomic E-state index is 0.102. The van der Waals surface area contributed by atoms with Crippen molar-refractivity contribution in [3.05, 3.63) is 70.2 Å². The van der Waals surface area contributed by atoms with Gasteiger partial charge in [0.15, 0.2) is 0 Å². The first kappa shape index (κ1) is 19.2. The molecule has 0 saturated heterocycles. The van der Waals surface area contributed by atoms with Crippen molar-refractivity contribution in [2.45, 2.75) is 18.4 Å². The molecule has 0 aliphatic heterocycles. The van der Waals surface area contributed by atoms with Crippen LogP contribution in [0, 0.1) is 6.92 Å². The van der Waals surface area contributed by atoms with Gasteiger partial charge in [-0.15, -0.1) is 11.8 Å². The summed E-state index contributed by atoms with van der Waals surface area (Å²) >= 11 is 9.32. The van der Waals surface area contributed by atoms with Gasteiger partial charge in [-0.1, -0.05) is 53.6 Å². The second-order valence-electron chi connectivity index (χ2n) is 5.51. The third-order valence-electron chi connectivity index (χ3n) is 3.33. The van der Waals surface area contributed by atoms with E-state index in [0.717, 1.165) is 28.8 Å². The minimum atomic E-state index is 0.102. The summed E-state index contributed by atoms with van der Waals surface area (Å²) in [4.78, 5) is 11.8. The van der Waals surface area contributed by atoms with Crippen LogP contribution in [0.25, 0.3) is 0 Å². The highest BCUT2D eigenvalue weighted by molar-refractivity contribution is 7.99. The number of aryl methyl sites for hydroxylation is 1. The third kappa shape index (κ3) is 7.65. The Morgan fingerprint density at radius 2 is 1.79 bits per heavy atom. The van der Waals surface area contributed by atoms with Gasteiger partial charge in [-0.25, -0.2) is 0 Å². The molecule has 0 atom stereocenters. The number of thioether (sulfide) groups is 2. The maximum absolute atomic E-state index is 11.8. The number of carbonyl (C=O) groups excluding carboxylic acids is 1. The van der Waals surface area contributed by atoms with E-state index in [0.29, 0.717) is 5.75 Å². The van der Waals surface area contributed by atoms with Crippen LogP contribution < -0.4 is 5.32 Å². The molecule has 5 heteroatoms. The number of amides is 1. The molecule has 2 nitrogen and oxygen atoms in total. The number of nitrogens with one attached hydrogen (secondary N) is 1. The predicted octanol–water partition coefficient (Wildman–Crippen LogP) is 4.93. The van der Waals surface area contributed by atoms with E-state index in [-0.39, 0.29) is 5.91 Å². The van der Waals surface area contributed by atoms with Crippen LogP contribution in [0.2, 0.25) is 5.02 Å². The van der Waals surface area contributed by atoms with Crippen molar-refractivity contribution in [2.24, 2.45) is 0 Å². The van der Waals surface area contributed by atoms with Crippen molar-refractivity contribution in [2.75, 3.05) is 18.1 Å². The Kier molecular flexibility index (Phi) is 8.57. The zero-order valence-corrected chi connectivity index (χ0v) is 16.1. The first-order chi connectivity index (χ1) is 11.6. The SMILES string of the molecule is Cc1cccc(CSCCNC(=O)CSCc2ccc(Cl)cc2)c1. The quantitative estimate of drug-likeness (QED) is 0.626. The standard InChI is InChI=1S/C19H22ClNOS2/c1-15-3-2-4-17(11-15)13-23-10-9-21-19(22)14-24-12-16-5-7-18(20)8-6-16/h2-8,11H,9-10,12-14H2,1H3,(H,21,22). The molecule has 2 rings (SSSR count). The maximum atomic E-state index is 11.8. The monoisotopic (exact) mass is 379 g/mol. The molecule has 128 valence electrons. The Labute approximate surface area is 157 Å². The van der Waals surface area contributed by atoms with Crippen molar-refractivity contribution >= 4 is 41.0 Å². The molecule has 24 heavy (non-hydrogen) atoms. The van der Waals surface area contributed by atoms with E-state index in [4.69, 9.17) is 11.6 Å². The molecule has 0 radical (unpaired) electrons. The van der Waals surface area contributed by atoms with Gasteiger partial charge < -0.3 is 5.32 Å². The van der Waals surface area contributed by atoms with Gasteiger partial charge in [0.1, 0.15) is 0 Å². The normalized spacial score (nSPS) is 10.6. The van der Waals surface area contributed by atoms with Crippen LogP contribution in [0.4, 0.5) is 0 Å². The fraction of sp³-hybridized carbons (Fsp3) is 0.316. The van der Waals surface area contributed by atoms with Gasteiger partial charge in [-0.2, -0.15) is 11.8 Å². The van der Waals surface area contributed by atoms with Crippen molar-refractivity contribution in [3.63, 3.8) is 0 Å². The van der Waals surface area contributed by atoms with E-state index in [1.807, 2.05) is 36.0 Å². The van der Waals surface area contributed by atoms with Gasteiger partial charge in [0.2, 0.25) is 5.91 Å². The largest absolute Gasteiger partial charge is 0.355 e. The number of hydrogen-bond donors (Lipinski definition) is 1. The summed E-state index contributed by atoms with van der Waals surface area (Å²) in [5.74, 6) is 3.34. The number of hydrogen-bond acceptors (Lipinski definition) is 3. The molecule has 0 fully saturated rings. The average molecular weight is 380 g/mol. The van der Waals surface area contributed by atoms with Crippen LogP contribution in [0.5, 0.6) is 0 Å². The summed E-state index contributed by atoms with van der Waals surface area (Å²) in [5.41, 5.74) is 3.81. The first-order valence-electron chi connectivity index (χ1n) is 7.85. The molecule has 0 aliphatic carbocycles. The van der Waals surface area contributed by atoms with Gasteiger partial charge in [0.25, 0.3) is 0 Å². The van der Waals surface area contributed by atoms with E-state index in [2.05, 4.69) is 36.5 Å². The highest BCUT2D eigenvalue weighted by atomic mass is 35.5. The lowest BCUT2D eigenvalue weighted by molar-refractivity contribution is -0.118. The summed E-state index contributed by atoms with van der Waals surface area (Å²) in [7, 11) is 0. The lowest BCUT2D eigenvalue weighted by atomic mass is 10.2. The van der Waals surface area contributed by atoms with E-state index in [1.165, 1.54) is 16.7 Å². The minimum Gasteiger partial charge on any atom is -0.355 e. The second kappa shape index (κ2) is 10.7. The van der Waals surface area contributed by atoms with Crippen LogP contribution in [0.15, 0.2) is 48.5 Å². The summed E-state index contributed by atoms with van der Waals surface area (Å²) in [6.07, 6.45) is 0. The van der Waals surface area contributed by atoms with Crippen LogP contribution in [-0.4, -0.2) is 24.0 Å². The lowest BCUT2D eigenvalue weighted by Gasteiger charge is -2.06. The number of halogens is 1. The Balaban J connectivity index is 1.52. The number of rotatable bonds is 9. The van der Waals surface area contributed by atoms with Gasteiger partial charge >= 0.3 is 0 Å². The summed E-state index contributed by atoms with van der Waals surface area (Å²) in [6.45, 7) is 2.83. The van der Waals surface area contributed by atoms with E-state index in [1.54, 1.807) is 11.8 Å². The first-order valence-corrected chi connectivity index (χ1v) is 10.5. The predicted molar refractivity (Wildman–Crippen MR) is 108 cm³/mol. The van der Waals surface area contributed by atoms with E-state index < -0.39 is 0 Å². The Bertz CT molecular complexity index is 646. The summed E-state index contributed by atoms with van der Waals surface area (Å²) < 4.78 is 0. The Morgan fingerprint density at radius 3 is 2.54 bits per heavy atom. The molecule has 0 aromatic heterocycles. The van der Waals surface area contributed by atoms with Crippen LogP contribution in [-0.2, 0) is 16.3 Å². The third-order valence-corrected chi connectivity index (χ3v) is 5.62. The molecular weight excluding hydrogens is 358 g/mol. The molecule has 0 saturated carbocycles. The van der Waals surface area contributed by atoms with Crippen molar-refractivity contribution in [1.29, 1.82) is 0 Å². The molecular formula is C19H22ClNOS2. The van der Waals surface area contributed by atoms with Gasteiger partial charge in [0, 0.05) is 28.8 Å². The van der Waals surface area contributed by atoms with Crippen molar-refractivity contribution < 1.29 is 4.79 Å². The molecule has 1 N–H and O–H groups in total. The van der Waals surface area contributed by atoms with Crippen LogP contribution in [0.1, 0.15) is 16.7 Å². The molecule has 0 heterocycles. The number of benzene rings is 2. The van der Waals surface area contributed by atoms with E-state index in [9.17, 15) is 4.79 Å². The highest BCUT2D eigenvalue weighted by Gasteiger charge is 2.02. The van der Waals surface area contributed by atoms with Crippen molar-refractivity contribution in [1.82, 2.24) is 5.32 Å². The molecule has 0 spiro atoms. The fourth-order valence-electron chi connectivity index (χ4n) is 2.15. The highest BCUT2D eigenvalue weighted by Crippen LogP contribution is 2.15. The summed E-state index contributed by atoms with van der Waals surface area (Å²) in [5, 5.41) is 3.71. The number of carbonyl (C=O) groups is 1. The molecule has 2 aromatic carbocycles. The maximum Gasteiger partial charge on any atom is 0.230 e. The molecule has 0 bridgehead atoms. The average Bonchev–Trinajstić information content (AvgIpc) is 2.56. The van der Waals surface area contributed by atoms with Crippen LogP contribution >= 0.6 is 35.1 Å².